The van der Waals surface area contributed by atoms with E-state index in [9.17, 15) is 14.0 Å². The summed E-state index contributed by atoms with van der Waals surface area (Å²) in [6, 6.07) is 21.1. The first-order chi connectivity index (χ1) is 21.2. The normalized spacial score (nSPS) is 15.0. The first-order valence-corrected chi connectivity index (χ1v) is 15.3. The fraction of sp³-hybridized carbons (Fsp3) is 0.229. The van der Waals surface area contributed by atoms with Crippen molar-refractivity contribution in [2.24, 2.45) is 4.99 Å². The fourth-order valence-corrected chi connectivity index (χ4v) is 6.64. The van der Waals surface area contributed by atoms with Crippen LogP contribution in [0.25, 0.3) is 17.0 Å². The quantitative estimate of drug-likeness (QED) is 0.211. The summed E-state index contributed by atoms with van der Waals surface area (Å²) in [5.41, 5.74) is 4.05. The predicted octanol–water partition coefficient (Wildman–Crippen LogP) is 5.73. The van der Waals surface area contributed by atoms with Crippen LogP contribution < -0.4 is 19.6 Å². The van der Waals surface area contributed by atoms with Crippen LogP contribution in [-0.2, 0) is 16.1 Å². The van der Waals surface area contributed by atoms with Crippen LogP contribution in [0.15, 0.2) is 100 Å². The first kappa shape index (κ1) is 29.3. The summed E-state index contributed by atoms with van der Waals surface area (Å²) in [6.45, 7) is 8.12. The molecule has 5 aromatic rings. The Hall–Kier alpha value is -4.76. The number of hydrogen-bond acceptors (Lipinski definition) is 6. The van der Waals surface area contributed by atoms with Gasteiger partial charge in [-0.2, -0.15) is 0 Å². The first-order valence-electron chi connectivity index (χ1n) is 14.5. The van der Waals surface area contributed by atoms with E-state index in [2.05, 4.69) is 4.57 Å². The van der Waals surface area contributed by atoms with Gasteiger partial charge in [0.25, 0.3) is 5.56 Å². The average Bonchev–Trinajstić information content (AvgIpc) is 3.50. The van der Waals surface area contributed by atoms with E-state index < -0.39 is 12.0 Å². The number of fused-ring (bicyclic) bond motifs is 2. The van der Waals surface area contributed by atoms with Crippen LogP contribution in [0.4, 0.5) is 4.39 Å². The highest BCUT2D eigenvalue weighted by Gasteiger charge is 2.35. The second kappa shape index (κ2) is 12.1. The molecule has 1 atom stereocenters. The number of para-hydroxylation sites is 2. The molecule has 0 fully saturated rings. The molecule has 1 aliphatic rings. The van der Waals surface area contributed by atoms with Crippen molar-refractivity contribution in [3.05, 3.63) is 132 Å². The molecular weight excluding hydrogens is 577 g/mol. The SMILES string of the molecule is CCOC(=O)C1=C(C)N=c2s/c(=C/c3cn(Cc4ccc(F)cc4)c4ccccc34)c(=O)n2[C@@H]1c1ccccc1OC(C)C. The summed E-state index contributed by atoms with van der Waals surface area (Å²) in [5.74, 6) is -0.209. The van der Waals surface area contributed by atoms with Gasteiger partial charge in [0, 0.05) is 34.8 Å². The van der Waals surface area contributed by atoms with Gasteiger partial charge in [0.05, 0.1) is 28.5 Å². The molecule has 6 rings (SSSR count). The lowest BCUT2D eigenvalue weighted by Crippen LogP contribution is -2.40. The number of allylic oxidation sites excluding steroid dienone is 1. The van der Waals surface area contributed by atoms with Crippen LogP contribution in [0, 0.1) is 5.82 Å². The molecule has 0 radical (unpaired) electrons. The third-order valence-corrected chi connectivity index (χ3v) is 8.45. The molecule has 2 aromatic heterocycles. The van der Waals surface area contributed by atoms with Gasteiger partial charge in [-0.25, -0.2) is 14.2 Å². The van der Waals surface area contributed by atoms with Crippen molar-refractivity contribution in [3.8, 4) is 5.75 Å². The van der Waals surface area contributed by atoms with Crippen molar-refractivity contribution in [2.75, 3.05) is 6.61 Å². The lowest BCUT2D eigenvalue weighted by molar-refractivity contribution is -0.139. The van der Waals surface area contributed by atoms with Crippen molar-refractivity contribution in [2.45, 2.75) is 46.4 Å². The summed E-state index contributed by atoms with van der Waals surface area (Å²) in [7, 11) is 0. The number of carbonyl (C=O) groups excluding carboxylic acids is 1. The molecule has 3 aromatic carbocycles. The minimum absolute atomic E-state index is 0.115. The topological polar surface area (TPSA) is 74.8 Å². The van der Waals surface area contributed by atoms with Gasteiger partial charge in [-0.3, -0.25) is 9.36 Å². The Labute approximate surface area is 257 Å². The number of ether oxygens (including phenoxy) is 2. The van der Waals surface area contributed by atoms with Crippen LogP contribution in [-0.4, -0.2) is 27.8 Å². The zero-order chi connectivity index (χ0) is 31.0. The number of benzene rings is 3. The van der Waals surface area contributed by atoms with Crippen LogP contribution in [0.3, 0.4) is 0 Å². The molecule has 7 nitrogen and oxygen atoms in total. The third kappa shape index (κ3) is 5.51. The number of thiazole rings is 1. The smallest absolute Gasteiger partial charge is 0.338 e. The second-order valence-electron chi connectivity index (χ2n) is 10.9. The van der Waals surface area contributed by atoms with E-state index in [0.717, 1.165) is 22.0 Å². The van der Waals surface area contributed by atoms with Gasteiger partial charge in [-0.1, -0.05) is 59.9 Å². The maximum atomic E-state index is 14.3. The molecular formula is C35H32FN3O4S. The predicted molar refractivity (Wildman–Crippen MR) is 170 cm³/mol. The van der Waals surface area contributed by atoms with Crippen LogP contribution >= 0.6 is 11.3 Å². The Bertz CT molecular complexity index is 2090. The van der Waals surface area contributed by atoms with Crippen LogP contribution in [0.5, 0.6) is 5.75 Å². The minimum Gasteiger partial charge on any atom is -0.491 e. The number of nitrogens with zero attached hydrogens (tertiary/aromatic N) is 3. The molecule has 0 saturated carbocycles. The van der Waals surface area contributed by atoms with Gasteiger partial charge >= 0.3 is 5.97 Å². The zero-order valence-corrected chi connectivity index (χ0v) is 25.7. The average molecular weight is 610 g/mol. The summed E-state index contributed by atoms with van der Waals surface area (Å²) in [6.07, 6.45) is 3.77. The van der Waals surface area contributed by atoms with Gasteiger partial charge < -0.3 is 14.0 Å². The summed E-state index contributed by atoms with van der Waals surface area (Å²) < 4.78 is 29.3. The van der Waals surface area contributed by atoms with Crippen molar-refractivity contribution >= 4 is 34.3 Å². The van der Waals surface area contributed by atoms with Crippen LogP contribution in [0.2, 0.25) is 0 Å². The molecule has 0 N–H and O–H groups in total. The van der Waals surface area contributed by atoms with Crippen molar-refractivity contribution < 1.29 is 18.7 Å². The van der Waals surface area contributed by atoms with Crippen molar-refractivity contribution in [3.63, 3.8) is 0 Å². The lowest BCUT2D eigenvalue weighted by atomic mass is 9.95. The summed E-state index contributed by atoms with van der Waals surface area (Å²) >= 11 is 1.28. The second-order valence-corrected chi connectivity index (χ2v) is 11.9. The van der Waals surface area contributed by atoms with Gasteiger partial charge in [0.15, 0.2) is 4.80 Å². The lowest BCUT2D eigenvalue weighted by Gasteiger charge is -2.26. The zero-order valence-electron chi connectivity index (χ0n) is 24.9. The number of hydrogen-bond donors (Lipinski definition) is 0. The van der Waals surface area contributed by atoms with E-state index in [0.29, 0.717) is 38.5 Å². The van der Waals surface area contributed by atoms with Gasteiger partial charge in [0.1, 0.15) is 17.6 Å². The monoisotopic (exact) mass is 609 g/mol. The highest BCUT2D eigenvalue weighted by atomic mass is 32.1. The highest BCUT2D eigenvalue weighted by Crippen LogP contribution is 2.36. The fourth-order valence-electron chi connectivity index (χ4n) is 5.60. The molecule has 0 amide bonds. The standard InChI is InChI=1S/C35H32FN3O4S/c1-5-42-34(41)31-22(4)37-35-39(32(31)27-11-7-9-13-29(27)43-21(2)3)33(40)30(44-35)18-24-20-38(28-12-8-6-10-26(24)28)19-23-14-16-25(36)17-15-23/h6-18,20-21,32H,5,19H2,1-4H3/b30-18+/t32-/m1/s1. The molecule has 0 spiro atoms. The number of halogens is 1. The van der Waals surface area contributed by atoms with Gasteiger partial charge in [-0.15, -0.1) is 0 Å². The van der Waals surface area contributed by atoms with Gasteiger partial charge in [-0.05, 0) is 63.6 Å². The molecule has 224 valence electrons. The molecule has 0 saturated heterocycles. The molecule has 0 aliphatic carbocycles. The van der Waals surface area contributed by atoms with E-state index in [4.69, 9.17) is 14.5 Å². The number of rotatable bonds is 8. The molecule has 3 heterocycles. The summed E-state index contributed by atoms with van der Waals surface area (Å²) in [5, 5.41) is 0.982. The largest absolute Gasteiger partial charge is 0.491 e. The Morgan fingerprint density at radius 1 is 1.07 bits per heavy atom. The molecule has 0 bridgehead atoms. The minimum atomic E-state index is -0.776. The molecule has 9 heteroatoms. The number of aromatic nitrogens is 2. The Morgan fingerprint density at radius 3 is 2.55 bits per heavy atom. The highest BCUT2D eigenvalue weighted by molar-refractivity contribution is 7.07. The Morgan fingerprint density at radius 2 is 1.80 bits per heavy atom. The van der Waals surface area contributed by atoms with E-state index in [-0.39, 0.29) is 24.1 Å². The van der Waals surface area contributed by atoms with E-state index in [1.165, 1.54) is 23.5 Å². The van der Waals surface area contributed by atoms with Gasteiger partial charge in [0.2, 0.25) is 0 Å². The molecule has 1 aliphatic heterocycles. The third-order valence-electron chi connectivity index (χ3n) is 7.47. The van der Waals surface area contributed by atoms with E-state index >= 15 is 0 Å². The Balaban J connectivity index is 1.53. The maximum Gasteiger partial charge on any atom is 0.338 e. The van der Waals surface area contributed by atoms with Crippen LogP contribution in [0.1, 0.15) is 50.4 Å². The Kier molecular flexibility index (Phi) is 8.05. The van der Waals surface area contributed by atoms with E-state index in [1.54, 1.807) is 30.5 Å². The maximum absolute atomic E-state index is 14.3. The molecule has 44 heavy (non-hydrogen) atoms. The molecule has 0 unspecified atom stereocenters. The van der Waals surface area contributed by atoms with Crippen molar-refractivity contribution in [1.29, 1.82) is 0 Å². The number of esters is 1. The summed E-state index contributed by atoms with van der Waals surface area (Å²) in [4.78, 5) is 32.8. The number of carbonyl (C=O) groups is 1. The van der Waals surface area contributed by atoms with Crippen molar-refractivity contribution in [1.82, 2.24) is 9.13 Å². The van der Waals surface area contributed by atoms with E-state index in [1.807, 2.05) is 74.7 Å².